The van der Waals surface area contributed by atoms with E-state index in [1.807, 2.05) is 61.5 Å². The lowest BCUT2D eigenvalue weighted by Gasteiger charge is -2.14. The maximum atomic E-state index is 5.94. The van der Waals surface area contributed by atoms with Gasteiger partial charge in [0.25, 0.3) is 0 Å². The number of aromatic nitrogens is 2. The van der Waals surface area contributed by atoms with Crippen LogP contribution < -0.4 is 4.74 Å². The van der Waals surface area contributed by atoms with E-state index in [0.717, 1.165) is 16.3 Å². The minimum atomic E-state index is -0.0543. The third kappa shape index (κ3) is 2.40. The summed E-state index contributed by atoms with van der Waals surface area (Å²) in [5, 5.41) is 10.1. The van der Waals surface area contributed by atoms with Crippen molar-refractivity contribution in [3.05, 3.63) is 66.4 Å². The van der Waals surface area contributed by atoms with Gasteiger partial charge in [-0.15, -0.1) is 5.10 Å². The number of benzene rings is 2. The quantitative estimate of drug-likeness (QED) is 0.709. The molecule has 1 atom stereocenters. The molecule has 0 aliphatic carbocycles. The minimum absolute atomic E-state index is 0.0543. The molecular weight excluding hydrogens is 236 g/mol. The van der Waals surface area contributed by atoms with Crippen molar-refractivity contribution < 1.29 is 4.74 Å². The van der Waals surface area contributed by atoms with Crippen LogP contribution in [0.4, 0.5) is 0 Å². The normalized spacial score (nSPS) is 12.3. The first-order valence-electron chi connectivity index (χ1n) is 6.26. The van der Waals surface area contributed by atoms with Gasteiger partial charge < -0.3 is 4.74 Å². The van der Waals surface area contributed by atoms with E-state index in [9.17, 15) is 0 Å². The summed E-state index contributed by atoms with van der Waals surface area (Å²) in [4.78, 5) is 0. The lowest BCUT2D eigenvalue weighted by molar-refractivity contribution is 0.218. The molecule has 0 saturated carbocycles. The molecule has 3 aromatic rings. The summed E-state index contributed by atoms with van der Waals surface area (Å²) in [6.45, 7) is 2.01. The molecule has 3 rings (SSSR count). The zero-order valence-electron chi connectivity index (χ0n) is 10.7. The highest BCUT2D eigenvalue weighted by molar-refractivity contribution is 5.85. The van der Waals surface area contributed by atoms with Gasteiger partial charge in [-0.25, -0.2) is 0 Å². The second-order valence-corrected chi connectivity index (χ2v) is 4.41. The first-order chi connectivity index (χ1) is 9.34. The van der Waals surface area contributed by atoms with E-state index in [-0.39, 0.29) is 6.10 Å². The van der Waals surface area contributed by atoms with Crippen LogP contribution in [0.15, 0.2) is 60.8 Å². The van der Waals surface area contributed by atoms with Crippen LogP contribution >= 0.6 is 0 Å². The van der Waals surface area contributed by atoms with Crippen molar-refractivity contribution in [3.63, 3.8) is 0 Å². The number of rotatable bonds is 3. The Hall–Kier alpha value is -2.42. The fraction of sp³-hybridized carbons (Fsp3) is 0.125. The zero-order valence-corrected chi connectivity index (χ0v) is 10.7. The maximum absolute atomic E-state index is 5.94. The van der Waals surface area contributed by atoms with Crippen LogP contribution in [0.1, 0.15) is 18.6 Å². The van der Waals surface area contributed by atoms with Crippen molar-refractivity contribution in [1.82, 2.24) is 10.2 Å². The van der Waals surface area contributed by atoms with Gasteiger partial charge in [-0.2, -0.15) is 5.10 Å². The van der Waals surface area contributed by atoms with Crippen molar-refractivity contribution in [2.24, 2.45) is 0 Å². The molecule has 0 aliphatic rings. The molecule has 0 aliphatic heterocycles. The van der Waals surface area contributed by atoms with Crippen molar-refractivity contribution in [2.75, 3.05) is 0 Å². The van der Waals surface area contributed by atoms with E-state index in [2.05, 4.69) is 10.2 Å². The molecule has 0 N–H and O–H groups in total. The first-order valence-corrected chi connectivity index (χ1v) is 6.26. The van der Waals surface area contributed by atoms with Crippen LogP contribution in [0.3, 0.4) is 0 Å². The van der Waals surface area contributed by atoms with Gasteiger partial charge in [0.1, 0.15) is 6.10 Å². The number of hydrogen-bond donors (Lipinski definition) is 0. The lowest BCUT2D eigenvalue weighted by atomic mass is 10.1. The number of fused-ring (bicyclic) bond motifs is 1. The number of ether oxygens (including phenoxy) is 1. The van der Waals surface area contributed by atoms with E-state index < -0.39 is 0 Å². The fourth-order valence-corrected chi connectivity index (χ4v) is 2.05. The summed E-state index contributed by atoms with van der Waals surface area (Å²) in [5.41, 5.74) is 1.12. The number of nitrogens with zero attached hydrogens (tertiary/aromatic N) is 2. The Bertz CT molecular complexity index is 677. The summed E-state index contributed by atoms with van der Waals surface area (Å²) in [6.07, 6.45) is 1.69. The average Bonchev–Trinajstić information content (AvgIpc) is 2.48. The van der Waals surface area contributed by atoms with Gasteiger partial charge in [-0.05, 0) is 18.6 Å². The minimum Gasteiger partial charge on any atom is -0.468 e. The molecule has 94 valence electrons. The summed E-state index contributed by atoms with van der Waals surface area (Å²) in [5.74, 6) is 0.578. The van der Waals surface area contributed by atoms with Crippen LogP contribution in [0.2, 0.25) is 0 Å². The molecule has 0 fully saturated rings. The summed E-state index contributed by atoms with van der Waals surface area (Å²) in [6, 6.07) is 18.0. The Balaban J connectivity index is 1.94. The van der Waals surface area contributed by atoms with Crippen LogP contribution in [-0.4, -0.2) is 10.2 Å². The largest absolute Gasteiger partial charge is 0.468 e. The third-order valence-electron chi connectivity index (χ3n) is 3.09. The molecule has 3 nitrogen and oxygen atoms in total. The monoisotopic (exact) mass is 250 g/mol. The SMILES string of the molecule is C[C@@H](Oc1nncc2ccccc12)c1ccccc1. The highest BCUT2D eigenvalue weighted by Crippen LogP contribution is 2.26. The average molecular weight is 250 g/mol. The van der Waals surface area contributed by atoms with Crippen LogP contribution in [-0.2, 0) is 0 Å². The van der Waals surface area contributed by atoms with Gasteiger partial charge in [0.15, 0.2) is 0 Å². The van der Waals surface area contributed by atoms with E-state index >= 15 is 0 Å². The van der Waals surface area contributed by atoms with E-state index in [1.165, 1.54) is 0 Å². The molecule has 0 unspecified atom stereocenters. The molecule has 0 bridgehead atoms. The fourth-order valence-electron chi connectivity index (χ4n) is 2.05. The van der Waals surface area contributed by atoms with Gasteiger partial charge >= 0.3 is 0 Å². The topological polar surface area (TPSA) is 35.0 Å². The molecule has 3 heteroatoms. The predicted molar refractivity (Wildman–Crippen MR) is 75.0 cm³/mol. The van der Waals surface area contributed by atoms with Gasteiger partial charge in [0, 0.05) is 10.8 Å². The molecule has 0 saturated heterocycles. The van der Waals surface area contributed by atoms with E-state index in [0.29, 0.717) is 5.88 Å². The Morgan fingerprint density at radius 2 is 1.68 bits per heavy atom. The summed E-state index contributed by atoms with van der Waals surface area (Å²) < 4.78 is 5.94. The Morgan fingerprint density at radius 3 is 2.53 bits per heavy atom. The molecule has 2 aromatic carbocycles. The number of hydrogen-bond acceptors (Lipinski definition) is 3. The standard InChI is InChI=1S/C16H14N2O/c1-12(13-7-3-2-4-8-13)19-16-15-10-6-5-9-14(15)11-17-18-16/h2-12H,1H3/t12-/m1/s1. The Labute approximate surface area is 111 Å². The molecule has 0 amide bonds. The molecule has 0 spiro atoms. The maximum Gasteiger partial charge on any atom is 0.241 e. The highest BCUT2D eigenvalue weighted by Gasteiger charge is 2.10. The lowest BCUT2D eigenvalue weighted by Crippen LogP contribution is -2.05. The second-order valence-electron chi connectivity index (χ2n) is 4.41. The van der Waals surface area contributed by atoms with E-state index in [1.54, 1.807) is 6.20 Å². The molecule has 1 aromatic heterocycles. The van der Waals surface area contributed by atoms with Crippen molar-refractivity contribution in [1.29, 1.82) is 0 Å². The van der Waals surface area contributed by atoms with Crippen molar-refractivity contribution >= 4 is 10.8 Å². The van der Waals surface area contributed by atoms with Gasteiger partial charge in [-0.1, -0.05) is 48.5 Å². The Kier molecular flexibility index (Phi) is 3.11. The summed E-state index contributed by atoms with van der Waals surface area (Å²) >= 11 is 0. The van der Waals surface area contributed by atoms with Crippen molar-refractivity contribution in [3.8, 4) is 5.88 Å². The predicted octanol–water partition coefficient (Wildman–Crippen LogP) is 3.77. The van der Waals surface area contributed by atoms with Crippen LogP contribution in [0.25, 0.3) is 10.8 Å². The molecule has 19 heavy (non-hydrogen) atoms. The van der Waals surface area contributed by atoms with Crippen LogP contribution in [0, 0.1) is 0 Å². The molecule has 0 radical (unpaired) electrons. The summed E-state index contributed by atoms with van der Waals surface area (Å²) in [7, 11) is 0. The molecule has 1 heterocycles. The smallest absolute Gasteiger partial charge is 0.241 e. The second kappa shape index (κ2) is 5.06. The highest BCUT2D eigenvalue weighted by atomic mass is 16.5. The molecular formula is C16H14N2O. The third-order valence-corrected chi connectivity index (χ3v) is 3.09. The van der Waals surface area contributed by atoms with Crippen molar-refractivity contribution in [2.45, 2.75) is 13.0 Å². The Morgan fingerprint density at radius 1 is 0.947 bits per heavy atom. The zero-order chi connectivity index (χ0) is 13.1. The van der Waals surface area contributed by atoms with Gasteiger partial charge in [-0.3, -0.25) is 0 Å². The van der Waals surface area contributed by atoms with Crippen LogP contribution in [0.5, 0.6) is 5.88 Å². The van der Waals surface area contributed by atoms with E-state index in [4.69, 9.17) is 4.74 Å². The first kappa shape index (κ1) is 11.7. The van der Waals surface area contributed by atoms with Gasteiger partial charge in [0.05, 0.1) is 6.20 Å². The van der Waals surface area contributed by atoms with Gasteiger partial charge in [0.2, 0.25) is 5.88 Å².